The molecule has 10 heavy (non-hydrogen) atoms. The van der Waals surface area contributed by atoms with Crippen LogP contribution in [0.25, 0.3) is 0 Å². The van der Waals surface area contributed by atoms with Crippen molar-refractivity contribution in [2.24, 2.45) is 0 Å². The lowest BCUT2D eigenvalue weighted by Gasteiger charge is -1.96. The van der Waals surface area contributed by atoms with Gasteiger partial charge in [-0.2, -0.15) is 0 Å². The van der Waals surface area contributed by atoms with E-state index in [1.807, 2.05) is 24.6 Å². The molecule has 0 amide bonds. The van der Waals surface area contributed by atoms with Crippen molar-refractivity contribution in [2.45, 2.75) is 10.1 Å². The molecule has 0 fully saturated rings. The second-order valence-corrected chi connectivity index (χ2v) is 3.30. The van der Waals surface area contributed by atoms with Crippen LogP contribution in [0.5, 0.6) is 0 Å². The van der Waals surface area contributed by atoms with Crippen molar-refractivity contribution in [3.63, 3.8) is 0 Å². The zero-order valence-electron chi connectivity index (χ0n) is 5.92. The lowest BCUT2D eigenvalue weighted by molar-refractivity contribution is 1.01. The van der Waals surface area contributed by atoms with Gasteiger partial charge in [0.1, 0.15) is 0 Å². The first-order valence-corrected chi connectivity index (χ1v) is 5.28. The number of hydrogen-bond donors (Lipinski definition) is 0. The lowest BCUT2D eigenvalue weighted by Crippen LogP contribution is -1.80. The summed E-state index contributed by atoms with van der Waals surface area (Å²) in [6.07, 6.45) is 4.03. The molecule has 0 bridgehead atoms. The van der Waals surface area contributed by atoms with E-state index in [0.29, 0.717) is 0 Å². The molecule has 0 N–H and O–H groups in total. The van der Waals surface area contributed by atoms with Crippen molar-refractivity contribution in [3.8, 4) is 0 Å². The maximum absolute atomic E-state index is 4.30. The number of thioether (sulfide) groups is 2. The Labute approximate surface area is 69.6 Å². The molecule has 0 spiro atoms. The predicted octanol–water partition coefficient (Wildman–Crippen LogP) is 2.33. The number of pyridine rings is 1. The highest BCUT2D eigenvalue weighted by Gasteiger charge is 1.92. The first-order valence-electron chi connectivity index (χ1n) is 2.83. The zero-order chi connectivity index (χ0) is 7.40. The summed E-state index contributed by atoms with van der Waals surface area (Å²) in [6.45, 7) is 0. The SMILES string of the molecule is CSc1c[c]cc(SC)n1. The lowest BCUT2D eigenvalue weighted by atomic mass is 10.5. The third-order valence-electron chi connectivity index (χ3n) is 1.05. The minimum Gasteiger partial charge on any atom is -0.235 e. The molecule has 1 aromatic heterocycles. The van der Waals surface area contributed by atoms with Gasteiger partial charge in [-0.15, -0.1) is 23.5 Å². The van der Waals surface area contributed by atoms with Crippen LogP contribution in [-0.2, 0) is 0 Å². The molecule has 0 aliphatic carbocycles. The summed E-state index contributed by atoms with van der Waals surface area (Å²) in [4.78, 5) is 4.30. The fourth-order valence-corrected chi connectivity index (χ4v) is 1.38. The van der Waals surface area contributed by atoms with Crippen LogP contribution in [0.15, 0.2) is 22.2 Å². The Balaban J connectivity index is 2.87. The molecule has 1 heterocycles. The van der Waals surface area contributed by atoms with E-state index in [2.05, 4.69) is 11.1 Å². The van der Waals surface area contributed by atoms with E-state index >= 15 is 0 Å². The highest BCUT2D eigenvalue weighted by molar-refractivity contribution is 7.99. The van der Waals surface area contributed by atoms with Gasteiger partial charge in [-0.3, -0.25) is 0 Å². The van der Waals surface area contributed by atoms with E-state index < -0.39 is 0 Å². The van der Waals surface area contributed by atoms with E-state index in [9.17, 15) is 0 Å². The van der Waals surface area contributed by atoms with Crippen molar-refractivity contribution in [2.75, 3.05) is 12.5 Å². The third-order valence-corrected chi connectivity index (χ3v) is 2.31. The number of nitrogens with zero attached hydrogens (tertiary/aromatic N) is 1. The van der Waals surface area contributed by atoms with Crippen molar-refractivity contribution in [1.29, 1.82) is 0 Å². The van der Waals surface area contributed by atoms with Crippen LogP contribution in [0, 0.1) is 6.07 Å². The Bertz CT molecular complexity index is 193. The van der Waals surface area contributed by atoms with Crippen molar-refractivity contribution in [1.82, 2.24) is 4.98 Å². The van der Waals surface area contributed by atoms with Gasteiger partial charge in [0, 0.05) is 0 Å². The van der Waals surface area contributed by atoms with Gasteiger partial charge in [-0.25, -0.2) is 4.98 Å². The molecule has 1 rings (SSSR count). The van der Waals surface area contributed by atoms with Crippen molar-refractivity contribution < 1.29 is 0 Å². The van der Waals surface area contributed by atoms with Crippen LogP contribution in [0.1, 0.15) is 0 Å². The molecule has 0 unspecified atom stereocenters. The maximum atomic E-state index is 4.30. The standard InChI is InChI=1S/C7H8NS2/c1-9-6-4-3-5-7(8-6)10-2/h4-5H,1-2H3. The van der Waals surface area contributed by atoms with Gasteiger partial charge in [0.15, 0.2) is 0 Å². The molecule has 53 valence electrons. The fraction of sp³-hybridized carbons (Fsp3) is 0.286. The van der Waals surface area contributed by atoms with Crippen LogP contribution in [0.3, 0.4) is 0 Å². The average Bonchev–Trinajstić information content (AvgIpc) is 2.05. The molecule has 1 radical (unpaired) electrons. The Morgan fingerprint density at radius 2 is 1.70 bits per heavy atom. The summed E-state index contributed by atoms with van der Waals surface area (Å²) in [7, 11) is 0. The Hall–Kier alpha value is -0.150. The molecule has 1 aromatic rings. The molecule has 1 nitrogen and oxygen atoms in total. The van der Waals surface area contributed by atoms with Gasteiger partial charge >= 0.3 is 0 Å². The average molecular weight is 170 g/mol. The van der Waals surface area contributed by atoms with E-state index in [0.717, 1.165) is 10.1 Å². The first-order chi connectivity index (χ1) is 4.86. The van der Waals surface area contributed by atoms with Gasteiger partial charge in [0.2, 0.25) is 0 Å². The second-order valence-electron chi connectivity index (χ2n) is 1.65. The van der Waals surface area contributed by atoms with Crippen LogP contribution < -0.4 is 0 Å². The van der Waals surface area contributed by atoms with Crippen LogP contribution in [0.2, 0.25) is 0 Å². The monoisotopic (exact) mass is 170 g/mol. The summed E-state index contributed by atoms with van der Waals surface area (Å²) in [5.74, 6) is 0. The quantitative estimate of drug-likeness (QED) is 0.632. The molecule has 0 atom stereocenters. The van der Waals surface area contributed by atoms with E-state index in [-0.39, 0.29) is 0 Å². The van der Waals surface area contributed by atoms with Gasteiger partial charge < -0.3 is 0 Å². The smallest absolute Gasteiger partial charge is 0.0977 e. The molecule has 0 saturated heterocycles. The summed E-state index contributed by atoms with van der Waals surface area (Å²) in [6, 6.07) is 6.81. The number of rotatable bonds is 2. The van der Waals surface area contributed by atoms with Gasteiger partial charge in [-0.05, 0) is 30.7 Å². The van der Waals surface area contributed by atoms with E-state index in [1.54, 1.807) is 23.5 Å². The van der Waals surface area contributed by atoms with Crippen LogP contribution in [-0.4, -0.2) is 17.5 Å². The minimum atomic E-state index is 1.03. The zero-order valence-corrected chi connectivity index (χ0v) is 7.55. The topological polar surface area (TPSA) is 12.9 Å². The Morgan fingerprint density at radius 3 is 2.10 bits per heavy atom. The Morgan fingerprint density at radius 1 is 1.20 bits per heavy atom. The Kier molecular flexibility index (Phi) is 3.09. The summed E-state index contributed by atoms with van der Waals surface area (Å²) in [5.41, 5.74) is 0. The van der Waals surface area contributed by atoms with Gasteiger partial charge in [0.25, 0.3) is 0 Å². The fourth-order valence-electron chi connectivity index (χ4n) is 0.567. The largest absolute Gasteiger partial charge is 0.235 e. The highest BCUT2D eigenvalue weighted by atomic mass is 32.2. The van der Waals surface area contributed by atoms with Gasteiger partial charge in [-0.1, -0.05) is 0 Å². The number of aromatic nitrogens is 1. The van der Waals surface area contributed by atoms with Crippen molar-refractivity contribution >= 4 is 23.5 Å². The van der Waals surface area contributed by atoms with E-state index in [4.69, 9.17) is 0 Å². The second kappa shape index (κ2) is 3.88. The molecule has 3 heteroatoms. The molecule has 0 aromatic carbocycles. The normalized spacial score (nSPS) is 9.80. The van der Waals surface area contributed by atoms with E-state index in [1.165, 1.54) is 0 Å². The molecule has 0 saturated carbocycles. The van der Waals surface area contributed by atoms with Crippen molar-refractivity contribution in [3.05, 3.63) is 18.2 Å². The highest BCUT2D eigenvalue weighted by Crippen LogP contribution is 2.16. The molecule has 0 aliphatic heterocycles. The minimum absolute atomic E-state index is 1.03. The first kappa shape index (κ1) is 7.95. The molecule has 0 aliphatic rings. The third kappa shape index (κ3) is 1.92. The van der Waals surface area contributed by atoms with Crippen LogP contribution in [0.4, 0.5) is 0 Å². The molecular weight excluding hydrogens is 162 g/mol. The maximum Gasteiger partial charge on any atom is 0.0977 e. The van der Waals surface area contributed by atoms with Gasteiger partial charge in [0.05, 0.1) is 10.1 Å². The molecular formula is C7H8NS2. The summed E-state index contributed by atoms with van der Waals surface area (Å²) >= 11 is 3.29. The van der Waals surface area contributed by atoms with Crippen LogP contribution >= 0.6 is 23.5 Å². The predicted molar refractivity (Wildman–Crippen MR) is 46.6 cm³/mol. The summed E-state index contributed by atoms with van der Waals surface area (Å²) < 4.78 is 0. The number of hydrogen-bond acceptors (Lipinski definition) is 3. The summed E-state index contributed by atoms with van der Waals surface area (Å²) in [5, 5.41) is 2.07.